The zero-order valence-electron chi connectivity index (χ0n) is 20.7. The maximum Gasteiger partial charge on any atom is 0.344 e. The number of nitrogens with one attached hydrogen (secondary N) is 2. The first-order chi connectivity index (χ1) is 18.6. The molecular formula is C27H22N2O8S2. The van der Waals surface area contributed by atoms with Gasteiger partial charge in [0.25, 0.3) is 20.0 Å². The SMILES string of the molecule is COc1ccc(NS(=O)(=O)c2ccc3c(c2)oc(=O)c2cc(S(=O)(=O)Nc4ccc(OC)cc4)ccc23)cc1. The average molecular weight is 567 g/mol. The maximum absolute atomic E-state index is 13.0. The number of anilines is 2. The van der Waals surface area contributed by atoms with Crippen LogP contribution in [0.5, 0.6) is 11.5 Å². The zero-order valence-corrected chi connectivity index (χ0v) is 22.3. The Kier molecular flexibility index (Phi) is 6.66. The van der Waals surface area contributed by atoms with Crippen molar-refractivity contribution in [1.82, 2.24) is 0 Å². The second-order valence-corrected chi connectivity index (χ2v) is 11.8. The van der Waals surface area contributed by atoms with Crippen LogP contribution < -0.4 is 24.5 Å². The fraction of sp³-hybridized carbons (Fsp3) is 0.0741. The van der Waals surface area contributed by atoms with E-state index in [0.717, 1.165) is 0 Å². The van der Waals surface area contributed by atoms with E-state index in [9.17, 15) is 21.6 Å². The lowest BCUT2D eigenvalue weighted by Gasteiger charge is -2.11. The van der Waals surface area contributed by atoms with E-state index in [2.05, 4.69) is 9.44 Å². The smallest absolute Gasteiger partial charge is 0.344 e. The van der Waals surface area contributed by atoms with Gasteiger partial charge in [-0.1, -0.05) is 6.07 Å². The van der Waals surface area contributed by atoms with Gasteiger partial charge in [-0.05, 0) is 72.8 Å². The number of benzene rings is 4. The topological polar surface area (TPSA) is 141 Å². The molecule has 0 saturated heterocycles. The van der Waals surface area contributed by atoms with Gasteiger partial charge < -0.3 is 13.9 Å². The molecule has 1 heterocycles. The van der Waals surface area contributed by atoms with E-state index in [0.29, 0.717) is 33.6 Å². The summed E-state index contributed by atoms with van der Waals surface area (Å²) in [6.45, 7) is 0. The van der Waals surface area contributed by atoms with Gasteiger partial charge in [0, 0.05) is 28.2 Å². The van der Waals surface area contributed by atoms with Crippen molar-refractivity contribution in [1.29, 1.82) is 0 Å². The van der Waals surface area contributed by atoms with Gasteiger partial charge in [0.15, 0.2) is 0 Å². The van der Waals surface area contributed by atoms with Crippen molar-refractivity contribution in [2.75, 3.05) is 23.7 Å². The van der Waals surface area contributed by atoms with Gasteiger partial charge in [0.1, 0.15) is 17.1 Å². The summed E-state index contributed by atoms with van der Waals surface area (Å²) in [4.78, 5) is 12.6. The standard InChI is InChI=1S/C27H22N2O8S2/c1-35-19-7-3-17(4-8-19)28-38(31,32)21-11-13-23-24-14-12-22(16-26(24)37-27(30)25(23)15-21)39(33,34)29-18-5-9-20(36-2)10-6-18/h3-16,28-29H,1-2H3. The molecule has 0 aliphatic heterocycles. The monoisotopic (exact) mass is 566 g/mol. The van der Waals surface area contributed by atoms with E-state index in [4.69, 9.17) is 13.9 Å². The van der Waals surface area contributed by atoms with Crippen molar-refractivity contribution in [3.63, 3.8) is 0 Å². The van der Waals surface area contributed by atoms with E-state index in [1.165, 1.54) is 50.6 Å². The van der Waals surface area contributed by atoms with Gasteiger partial charge in [-0.3, -0.25) is 9.44 Å². The van der Waals surface area contributed by atoms with E-state index >= 15 is 0 Å². The highest BCUT2D eigenvalue weighted by Gasteiger charge is 2.20. The van der Waals surface area contributed by atoms with Crippen LogP contribution in [0.2, 0.25) is 0 Å². The van der Waals surface area contributed by atoms with Crippen molar-refractivity contribution < 1.29 is 30.7 Å². The molecule has 0 amide bonds. The van der Waals surface area contributed by atoms with Crippen LogP contribution >= 0.6 is 0 Å². The number of rotatable bonds is 8. The van der Waals surface area contributed by atoms with Crippen LogP contribution in [0.4, 0.5) is 11.4 Å². The highest BCUT2D eigenvalue weighted by molar-refractivity contribution is 7.93. The second kappa shape index (κ2) is 9.97. The largest absolute Gasteiger partial charge is 0.497 e. The molecule has 0 bridgehead atoms. The molecule has 12 heteroatoms. The molecule has 2 N–H and O–H groups in total. The molecule has 0 saturated carbocycles. The molecular weight excluding hydrogens is 544 g/mol. The molecule has 4 aromatic carbocycles. The molecule has 5 rings (SSSR count). The van der Waals surface area contributed by atoms with Crippen molar-refractivity contribution in [3.05, 3.63) is 95.3 Å². The first kappa shape index (κ1) is 26.1. The van der Waals surface area contributed by atoms with E-state index in [1.54, 1.807) is 48.5 Å². The van der Waals surface area contributed by atoms with Gasteiger partial charge in [-0.25, -0.2) is 21.6 Å². The predicted octanol–water partition coefficient (Wildman–Crippen LogP) is 4.57. The van der Waals surface area contributed by atoms with Crippen molar-refractivity contribution in [2.24, 2.45) is 0 Å². The molecule has 0 fully saturated rings. The Labute approximate surface area is 223 Å². The highest BCUT2D eigenvalue weighted by Crippen LogP contribution is 2.29. The molecule has 39 heavy (non-hydrogen) atoms. The van der Waals surface area contributed by atoms with Crippen LogP contribution in [-0.4, -0.2) is 31.1 Å². The third-order valence-corrected chi connectivity index (χ3v) is 8.72. The Morgan fingerprint density at radius 2 is 1.05 bits per heavy atom. The number of fused-ring (bicyclic) bond motifs is 3. The van der Waals surface area contributed by atoms with Gasteiger partial charge >= 0.3 is 5.63 Å². The molecule has 0 radical (unpaired) electrons. The molecule has 200 valence electrons. The van der Waals surface area contributed by atoms with Crippen LogP contribution in [0.15, 0.2) is 104 Å². The maximum atomic E-state index is 13.0. The molecule has 0 atom stereocenters. The lowest BCUT2D eigenvalue weighted by molar-refractivity contribution is 0.415. The quantitative estimate of drug-likeness (QED) is 0.206. The number of sulfonamides is 2. The number of hydrogen-bond acceptors (Lipinski definition) is 8. The lowest BCUT2D eigenvalue weighted by Crippen LogP contribution is -2.14. The van der Waals surface area contributed by atoms with Crippen LogP contribution in [0.25, 0.3) is 21.7 Å². The van der Waals surface area contributed by atoms with Gasteiger partial charge in [-0.2, -0.15) is 0 Å². The van der Waals surface area contributed by atoms with Gasteiger partial charge in [0.05, 0.1) is 29.4 Å². The first-order valence-electron chi connectivity index (χ1n) is 11.4. The van der Waals surface area contributed by atoms with Crippen LogP contribution in [0.3, 0.4) is 0 Å². The van der Waals surface area contributed by atoms with Crippen LogP contribution in [-0.2, 0) is 20.0 Å². The summed E-state index contributed by atoms with van der Waals surface area (Å²) in [7, 11) is -5.01. The first-order valence-corrected chi connectivity index (χ1v) is 14.4. The zero-order chi connectivity index (χ0) is 27.8. The van der Waals surface area contributed by atoms with Crippen molar-refractivity contribution in [2.45, 2.75) is 9.79 Å². The van der Waals surface area contributed by atoms with Crippen LogP contribution in [0, 0.1) is 0 Å². The van der Waals surface area contributed by atoms with Gasteiger partial charge in [0.2, 0.25) is 0 Å². The fourth-order valence-corrected chi connectivity index (χ4v) is 6.13. The molecule has 0 unspecified atom stereocenters. The Morgan fingerprint density at radius 3 is 1.54 bits per heavy atom. The molecule has 0 aliphatic rings. The minimum atomic E-state index is -4.02. The second-order valence-electron chi connectivity index (χ2n) is 8.42. The average Bonchev–Trinajstić information content (AvgIpc) is 2.93. The molecule has 10 nitrogen and oxygen atoms in total. The number of hydrogen-bond donors (Lipinski definition) is 2. The van der Waals surface area contributed by atoms with Gasteiger partial charge in [-0.15, -0.1) is 0 Å². The summed E-state index contributed by atoms with van der Waals surface area (Å²) >= 11 is 0. The third kappa shape index (κ3) is 5.24. The van der Waals surface area contributed by atoms with Crippen molar-refractivity contribution >= 4 is 53.2 Å². The summed E-state index contributed by atoms with van der Waals surface area (Å²) in [6.07, 6.45) is 0. The fourth-order valence-electron chi connectivity index (χ4n) is 3.97. The summed E-state index contributed by atoms with van der Waals surface area (Å²) < 4.78 is 72.3. The summed E-state index contributed by atoms with van der Waals surface area (Å²) in [5, 5.41) is 0.892. The Bertz CT molecular complexity index is 1970. The molecule has 0 aliphatic carbocycles. The number of ether oxygens (including phenoxy) is 2. The summed E-state index contributed by atoms with van der Waals surface area (Å²) in [6, 6.07) is 20.9. The minimum absolute atomic E-state index is 0.0343. The minimum Gasteiger partial charge on any atom is -0.497 e. The van der Waals surface area contributed by atoms with E-state index < -0.39 is 25.7 Å². The Hall–Kier alpha value is -4.55. The van der Waals surface area contributed by atoms with E-state index in [1.807, 2.05) is 0 Å². The van der Waals surface area contributed by atoms with Crippen molar-refractivity contribution in [3.8, 4) is 11.5 Å². The summed E-state index contributed by atoms with van der Waals surface area (Å²) in [5.74, 6) is 1.14. The third-order valence-electron chi connectivity index (χ3n) is 5.96. The normalized spacial score (nSPS) is 11.8. The molecule has 5 aromatic rings. The lowest BCUT2D eigenvalue weighted by atomic mass is 10.1. The predicted molar refractivity (Wildman–Crippen MR) is 148 cm³/mol. The molecule has 1 aromatic heterocycles. The van der Waals surface area contributed by atoms with Crippen LogP contribution in [0.1, 0.15) is 0 Å². The Balaban J connectivity index is 1.48. The van der Waals surface area contributed by atoms with E-state index in [-0.39, 0.29) is 20.8 Å². The number of methoxy groups -OCH3 is 2. The Morgan fingerprint density at radius 1 is 0.590 bits per heavy atom. The summed E-state index contributed by atoms with van der Waals surface area (Å²) in [5.41, 5.74) is -0.125. The molecule has 0 spiro atoms. The highest BCUT2D eigenvalue weighted by atomic mass is 32.2.